The van der Waals surface area contributed by atoms with Gasteiger partial charge in [-0.25, -0.2) is 0 Å². The van der Waals surface area contributed by atoms with Crippen molar-refractivity contribution in [3.63, 3.8) is 0 Å². The summed E-state index contributed by atoms with van der Waals surface area (Å²) in [6, 6.07) is 7.04. The molecule has 3 aromatic rings. The number of phenolic OH excluding ortho intramolecular Hbond substituents is 1. The summed E-state index contributed by atoms with van der Waals surface area (Å²) in [6.45, 7) is 5.39. The highest BCUT2D eigenvalue weighted by Gasteiger charge is 2.22. The molecule has 3 rings (SSSR count). The highest BCUT2D eigenvalue weighted by Crippen LogP contribution is 2.46. The van der Waals surface area contributed by atoms with Gasteiger partial charge in [-0.15, -0.1) is 11.8 Å². The topological polar surface area (TPSA) is 71.7 Å². The molecule has 1 heterocycles. The molecule has 1 amide bonds. The first kappa shape index (κ1) is 18.2. The maximum Gasteiger partial charge on any atom is 0.221 e. The lowest BCUT2D eigenvalue weighted by Crippen LogP contribution is -2.08. The monoisotopic (exact) mass is 371 g/mol. The molecule has 0 unspecified atom stereocenters. The molecule has 0 aliphatic carbocycles. The molecule has 0 saturated heterocycles. The lowest BCUT2D eigenvalue weighted by Gasteiger charge is -2.11. The highest BCUT2D eigenvalue weighted by atomic mass is 32.2. The number of hydrogen-bond acceptors (Lipinski definition) is 5. The van der Waals surface area contributed by atoms with Crippen molar-refractivity contribution in [1.29, 1.82) is 0 Å². The van der Waals surface area contributed by atoms with Gasteiger partial charge in [0, 0.05) is 24.1 Å². The van der Waals surface area contributed by atoms with Gasteiger partial charge in [-0.1, -0.05) is 0 Å². The standard InChI is InChI=1S/C20H21NO4S/c1-10-8-16-17(11(2)18(10)21-12(3)22)20(26-5)19(25-16)14-7-6-13(24-4)9-15(14)23/h6-9,23H,1-5H3,(H,21,22). The Kier molecular flexibility index (Phi) is 4.87. The smallest absolute Gasteiger partial charge is 0.221 e. The van der Waals surface area contributed by atoms with Crippen LogP contribution in [-0.2, 0) is 4.79 Å². The maximum atomic E-state index is 11.6. The Balaban J connectivity index is 2.28. The Labute approximate surface area is 156 Å². The van der Waals surface area contributed by atoms with Gasteiger partial charge in [0.05, 0.1) is 17.6 Å². The number of amides is 1. The number of ether oxygens (including phenoxy) is 1. The van der Waals surface area contributed by atoms with E-state index >= 15 is 0 Å². The molecular formula is C20H21NO4S. The minimum absolute atomic E-state index is 0.0927. The largest absolute Gasteiger partial charge is 0.507 e. The van der Waals surface area contributed by atoms with Crippen LogP contribution < -0.4 is 10.1 Å². The Morgan fingerprint density at radius 1 is 1.27 bits per heavy atom. The summed E-state index contributed by atoms with van der Waals surface area (Å²) in [5.74, 6) is 1.16. The van der Waals surface area contributed by atoms with Gasteiger partial charge in [0.2, 0.25) is 5.91 Å². The molecule has 2 aromatic carbocycles. The maximum absolute atomic E-state index is 11.6. The van der Waals surface area contributed by atoms with Crippen LogP contribution in [0.15, 0.2) is 33.6 Å². The van der Waals surface area contributed by atoms with E-state index in [2.05, 4.69) is 5.32 Å². The summed E-state index contributed by atoms with van der Waals surface area (Å²) in [4.78, 5) is 12.5. The van der Waals surface area contributed by atoms with E-state index in [4.69, 9.17) is 9.15 Å². The number of fused-ring (bicyclic) bond motifs is 1. The summed E-state index contributed by atoms with van der Waals surface area (Å²) in [6.07, 6.45) is 1.96. The van der Waals surface area contributed by atoms with E-state index in [1.54, 1.807) is 37.1 Å². The third-order valence-corrected chi connectivity index (χ3v) is 5.14. The van der Waals surface area contributed by atoms with E-state index in [0.29, 0.717) is 17.1 Å². The molecule has 0 aliphatic heterocycles. The van der Waals surface area contributed by atoms with Crippen LogP contribution in [0.25, 0.3) is 22.3 Å². The number of carbonyl (C=O) groups excluding carboxylic acids is 1. The average molecular weight is 371 g/mol. The first-order valence-electron chi connectivity index (χ1n) is 8.13. The van der Waals surface area contributed by atoms with Crippen LogP contribution in [0.1, 0.15) is 18.1 Å². The SMILES string of the molecule is COc1ccc(-c2oc3cc(C)c(NC(C)=O)c(C)c3c2SC)c(O)c1. The first-order chi connectivity index (χ1) is 12.4. The van der Waals surface area contributed by atoms with Crippen LogP contribution in [0, 0.1) is 13.8 Å². The zero-order valence-corrected chi connectivity index (χ0v) is 16.2. The number of aryl methyl sites for hydroxylation is 2. The minimum Gasteiger partial charge on any atom is -0.507 e. The second kappa shape index (κ2) is 6.96. The lowest BCUT2D eigenvalue weighted by atomic mass is 10.0. The van der Waals surface area contributed by atoms with Gasteiger partial charge in [-0.2, -0.15) is 0 Å². The molecule has 136 valence electrons. The number of methoxy groups -OCH3 is 1. The quantitative estimate of drug-likeness (QED) is 0.624. The van der Waals surface area contributed by atoms with Gasteiger partial charge < -0.3 is 19.6 Å². The van der Waals surface area contributed by atoms with Crippen molar-refractivity contribution in [3.05, 3.63) is 35.4 Å². The van der Waals surface area contributed by atoms with Gasteiger partial charge >= 0.3 is 0 Å². The second-order valence-electron chi connectivity index (χ2n) is 6.10. The predicted octanol–water partition coefficient (Wildman–Crippen LogP) is 5.11. The predicted molar refractivity (Wildman–Crippen MR) is 105 cm³/mol. The average Bonchev–Trinajstić information content (AvgIpc) is 2.96. The number of nitrogens with one attached hydrogen (secondary N) is 1. The molecule has 2 N–H and O–H groups in total. The van der Waals surface area contributed by atoms with Crippen molar-refractivity contribution in [1.82, 2.24) is 0 Å². The van der Waals surface area contributed by atoms with E-state index in [-0.39, 0.29) is 11.7 Å². The normalized spacial score (nSPS) is 11.0. The third-order valence-electron chi connectivity index (χ3n) is 4.34. The fourth-order valence-electron chi connectivity index (χ4n) is 3.15. The molecule has 0 radical (unpaired) electrons. The summed E-state index contributed by atoms with van der Waals surface area (Å²) >= 11 is 1.54. The number of anilines is 1. The minimum atomic E-state index is -0.113. The Morgan fingerprint density at radius 3 is 2.58 bits per heavy atom. The van der Waals surface area contributed by atoms with Gasteiger partial charge in [-0.05, 0) is 49.4 Å². The van der Waals surface area contributed by atoms with Crippen molar-refractivity contribution in [2.45, 2.75) is 25.7 Å². The van der Waals surface area contributed by atoms with Crippen molar-refractivity contribution < 1.29 is 19.1 Å². The number of carbonyl (C=O) groups is 1. The molecule has 0 saturated carbocycles. The number of hydrogen-bond donors (Lipinski definition) is 2. The molecular weight excluding hydrogens is 350 g/mol. The summed E-state index contributed by atoms with van der Waals surface area (Å²) in [7, 11) is 1.55. The molecule has 0 aliphatic rings. The first-order valence-corrected chi connectivity index (χ1v) is 9.35. The summed E-state index contributed by atoms with van der Waals surface area (Å²) < 4.78 is 11.3. The van der Waals surface area contributed by atoms with Crippen LogP contribution in [0.3, 0.4) is 0 Å². The van der Waals surface area contributed by atoms with Crippen molar-refractivity contribution in [3.8, 4) is 22.8 Å². The highest BCUT2D eigenvalue weighted by molar-refractivity contribution is 7.99. The van der Waals surface area contributed by atoms with Crippen molar-refractivity contribution in [2.24, 2.45) is 0 Å². The summed E-state index contributed by atoms with van der Waals surface area (Å²) in [5, 5.41) is 14.3. The Bertz CT molecular complexity index is 1010. The summed E-state index contributed by atoms with van der Waals surface area (Å²) in [5.41, 5.74) is 4.00. The van der Waals surface area contributed by atoms with Crippen LogP contribution in [0.5, 0.6) is 11.5 Å². The Morgan fingerprint density at radius 2 is 2.00 bits per heavy atom. The van der Waals surface area contributed by atoms with Crippen molar-refractivity contribution >= 4 is 34.3 Å². The zero-order chi connectivity index (χ0) is 19.0. The number of phenols is 1. The lowest BCUT2D eigenvalue weighted by molar-refractivity contribution is -0.114. The van der Waals surface area contributed by atoms with Gasteiger partial charge in [-0.3, -0.25) is 4.79 Å². The van der Waals surface area contributed by atoms with E-state index in [0.717, 1.165) is 32.7 Å². The van der Waals surface area contributed by atoms with Crippen LogP contribution >= 0.6 is 11.8 Å². The zero-order valence-electron chi connectivity index (χ0n) is 15.4. The van der Waals surface area contributed by atoms with Crippen LogP contribution in [0.2, 0.25) is 0 Å². The molecule has 5 nitrogen and oxygen atoms in total. The number of benzene rings is 2. The van der Waals surface area contributed by atoms with E-state index in [1.165, 1.54) is 6.92 Å². The molecule has 0 atom stereocenters. The molecule has 0 fully saturated rings. The second-order valence-corrected chi connectivity index (χ2v) is 6.91. The fraction of sp³-hybridized carbons (Fsp3) is 0.250. The molecule has 0 spiro atoms. The number of furan rings is 1. The third kappa shape index (κ3) is 3.01. The molecule has 1 aromatic heterocycles. The van der Waals surface area contributed by atoms with Crippen LogP contribution in [0.4, 0.5) is 5.69 Å². The molecule has 0 bridgehead atoms. The van der Waals surface area contributed by atoms with E-state index in [9.17, 15) is 9.90 Å². The van der Waals surface area contributed by atoms with Gasteiger partial charge in [0.1, 0.15) is 17.1 Å². The number of aromatic hydroxyl groups is 1. The van der Waals surface area contributed by atoms with Crippen LogP contribution in [-0.4, -0.2) is 24.4 Å². The van der Waals surface area contributed by atoms with E-state index < -0.39 is 0 Å². The molecule has 26 heavy (non-hydrogen) atoms. The van der Waals surface area contributed by atoms with Crippen molar-refractivity contribution in [2.75, 3.05) is 18.7 Å². The Hall–Kier alpha value is -2.60. The van der Waals surface area contributed by atoms with E-state index in [1.807, 2.05) is 26.2 Å². The van der Waals surface area contributed by atoms with Gasteiger partial charge in [0.15, 0.2) is 5.76 Å². The van der Waals surface area contributed by atoms with Gasteiger partial charge in [0.25, 0.3) is 0 Å². The number of thioether (sulfide) groups is 1. The number of rotatable bonds is 4. The fourth-order valence-corrected chi connectivity index (χ4v) is 3.94. The molecule has 6 heteroatoms.